The average molecular weight is 204 g/mol. The maximum absolute atomic E-state index is 8.67. The minimum Gasteiger partial charge on any atom is -0.424 e. The van der Waals surface area contributed by atoms with Gasteiger partial charge in [-0.05, 0) is 16.5 Å². The third kappa shape index (κ3) is 3.90. The lowest BCUT2D eigenvalue weighted by molar-refractivity contribution is 0.424. The third-order valence-electron chi connectivity index (χ3n) is 2.24. The predicted octanol–water partition coefficient (Wildman–Crippen LogP) is 2.01. The normalized spacial score (nSPS) is 12.1. The van der Waals surface area contributed by atoms with E-state index in [-0.39, 0.29) is 5.41 Å². The van der Waals surface area contributed by atoms with Crippen molar-refractivity contribution in [3.8, 4) is 0 Å². The van der Waals surface area contributed by atoms with Gasteiger partial charge in [-0.1, -0.05) is 57.1 Å². The summed E-state index contributed by atoms with van der Waals surface area (Å²) < 4.78 is 0. The van der Waals surface area contributed by atoms with E-state index in [9.17, 15) is 0 Å². The Morgan fingerprint density at radius 3 is 2.00 bits per heavy atom. The van der Waals surface area contributed by atoms with E-state index in [0.29, 0.717) is 0 Å². The fourth-order valence-electron chi connectivity index (χ4n) is 1.29. The first kappa shape index (κ1) is 12.0. The van der Waals surface area contributed by atoms with Crippen molar-refractivity contribution in [3.05, 3.63) is 41.4 Å². The first-order chi connectivity index (χ1) is 6.89. The highest BCUT2D eigenvalue weighted by Gasteiger charge is 2.12. The summed E-state index contributed by atoms with van der Waals surface area (Å²) in [5.74, 6) is 1.34. The standard InChI is InChI=1S/C12H17BO2/c1-12(2,3)11-6-4-10(5-7-11)8-9-13(14)15/h4-9,14-15H,1-3H3. The number of hydrogen-bond donors (Lipinski definition) is 2. The van der Waals surface area contributed by atoms with Crippen LogP contribution in [0.3, 0.4) is 0 Å². The molecule has 80 valence electrons. The summed E-state index contributed by atoms with van der Waals surface area (Å²) in [5, 5.41) is 17.3. The van der Waals surface area contributed by atoms with Crippen LogP contribution in [0.4, 0.5) is 0 Å². The monoisotopic (exact) mass is 204 g/mol. The molecule has 1 rings (SSSR count). The SMILES string of the molecule is CC(C)(C)c1ccc(C=CB(O)O)cc1. The Hall–Kier alpha value is -1.06. The molecule has 0 aliphatic heterocycles. The lowest BCUT2D eigenvalue weighted by Crippen LogP contribution is -2.10. The van der Waals surface area contributed by atoms with Crippen molar-refractivity contribution in [2.75, 3.05) is 0 Å². The molecule has 1 aromatic rings. The van der Waals surface area contributed by atoms with Crippen molar-refractivity contribution in [1.82, 2.24) is 0 Å². The van der Waals surface area contributed by atoms with Crippen molar-refractivity contribution in [1.29, 1.82) is 0 Å². The molecule has 0 aliphatic carbocycles. The summed E-state index contributed by atoms with van der Waals surface area (Å²) in [6.07, 6.45) is 1.69. The van der Waals surface area contributed by atoms with E-state index in [4.69, 9.17) is 10.0 Å². The van der Waals surface area contributed by atoms with Gasteiger partial charge in [-0.15, -0.1) is 0 Å². The number of hydrogen-bond acceptors (Lipinski definition) is 2. The molecule has 0 heterocycles. The molecule has 0 bridgehead atoms. The summed E-state index contributed by atoms with van der Waals surface area (Å²) in [4.78, 5) is 0. The zero-order chi connectivity index (χ0) is 11.5. The molecule has 1 aromatic carbocycles. The maximum Gasteiger partial charge on any atom is 0.480 e. The van der Waals surface area contributed by atoms with E-state index in [1.807, 2.05) is 12.1 Å². The molecule has 2 N–H and O–H groups in total. The van der Waals surface area contributed by atoms with Crippen LogP contribution in [0, 0.1) is 0 Å². The molecule has 0 amide bonds. The molecule has 0 saturated heterocycles. The van der Waals surface area contributed by atoms with E-state index in [1.165, 1.54) is 11.5 Å². The van der Waals surface area contributed by atoms with Crippen molar-refractivity contribution < 1.29 is 10.0 Å². The Balaban J connectivity index is 2.82. The van der Waals surface area contributed by atoms with Crippen molar-refractivity contribution in [2.45, 2.75) is 26.2 Å². The molecule has 2 nitrogen and oxygen atoms in total. The van der Waals surface area contributed by atoms with Gasteiger partial charge in [0.15, 0.2) is 0 Å². The van der Waals surface area contributed by atoms with Gasteiger partial charge in [-0.2, -0.15) is 0 Å². The molecule has 3 heteroatoms. The molecule has 0 unspecified atom stereocenters. The van der Waals surface area contributed by atoms with Gasteiger partial charge >= 0.3 is 7.12 Å². The van der Waals surface area contributed by atoms with Gasteiger partial charge in [-0.25, -0.2) is 0 Å². The first-order valence-corrected chi connectivity index (χ1v) is 5.04. The molecule has 0 fully saturated rings. The maximum atomic E-state index is 8.67. The second-order valence-corrected chi connectivity index (χ2v) is 4.64. The van der Waals surface area contributed by atoms with E-state index in [0.717, 1.165) is 5.56 Å². The van der Waals surface area contributed by atoms with Gasteiger partial charge in [0.2, 0.25) is 0 Å². The lowest BCUT2D eigenvalue weighted by atomic mass is 9.86. The quantitative estimate of drug-likeness (QED) is 0.723. The second-order valence-electron chi connectivity index (χ2n) is 4.64. The summed E-state index contributed by atoms with van der Waals surface area (Å²) in [5.41, 5.74) is 2.39. The molecule has 0 saturated carbocycles. The van der Waals surface area contributed by atoms with Crippen LogP contribution in [0.15, 0.2) is 30.2 Å². The topological polar surface area (TPSA) is 40.5 Å². The second kappa shape index (κ2) is 4.64. The van der Waals surface area contributed by atoms with Crippen molar-refractivity contribution in [3.63, 3.8) is 0 Å². The first-order valence-electron chi connectivity index (χ1n) is 5.04. The molecule has 0 aromatic heterocycles. The highest BCUT2D eigenvalue weighted by molar-refractivity contribution is 6.48. The van der Waals surface area contributed by atoms with E-state index in [2.05, 4.69) is 32.9 Å². The van der Waals surface area contributed by atoms with Gasteiger partial charge in [0.05, 0.1) is 0 Å². The Bertz CT molecular complexity index is 334. The van der Waals surface area contributed by atoms with Gasteiger partial charge < -0.3 is 10.0 Å². The third-order valence-corrected chi connectivity index (χ3v) is 2.24. The smallest absolute Gasteiger partial charge is 0.424 e. The fourth-order valence-corrected chi connectivity index (χ4v) is 1.29. The summed E-state index contributed by atoms with van der Waals surface area (Å²) in [7, 11) is -1.38. The molecule has 0 spiro atoms. The van der Waals surface area contributed by atoms with Gasteiger partial charge in [0.25, 0.3) is 0 Å². The van der Waals surface area contributed by atoms with Crippen LogP contribution < -0.4 is 0 Å². The van der Waals surface area contributed by atoms with Crippen molar-refractivity contribution >= 4 is 13.2 Å². The van der Waals surface area contributed by atoms with Crippen LogP contribution >= 0.6 is 0 Å². The molecule has 15 heavy (non-hydrogen) atoms. The highest BCUT2D eigenvalue weighted by Crippen LogP contribution is 2.22. The molecule has 0 aliphatic rings. The Kier molecular flexibility index (Phi) is 3.72. The summed E-state index contributed by atoms with van der Waals surface area (Å²) in [6.45, 7) is 6.49. The molecular formula is C12H17BO2. The molecule has 0 radical (unpaired) electrons. The van der Waals surface area contributed by atoms with Crippen LogP contribution in [0.1, 0.15) is 31.9 Å². The van der Waals surface area contributed by atoms with Crippen LogP contribution in [0.2, 0.25) is 0 Å². The van der Waals surface area contributed by atoms with Gasteiger partial charge in [0, 0.05) is 0 Å². The highest BCUT2D eigenvalue weighted by atomic mass is 16.4. The Labute approximate surface area is 91.4 Å². The predicted molar refractivity (Wildman–Crippen MR) is 64.4 cm³/mol. The van der Waals surface area contributed by atoms with Crippen LogP contribution in [-0.2, 0) is 5.41 Å². The Morgan fingerprint density at radius 1 is 1.07 bits per heavy atom. The van der Waals surface area contributed by atoms with E-state index < -0.39 is 7.12 Å². The van der Waals surface area contributed by atoms with E-state index >= 15 is 0 Å². The zero-order valence-electron chi connectivity index (χ0n) is 9.44. The largest absolute Gasteiger partial charge is 0.480 e. The minimum atomic E-state index is -1.38. The summed E-state index contributed by atoms with van der Waals surface area (Å²) in [6, 6.07) is 8.06. The van der Waals surface area contributed by atoms with Crippen molar-refractivity contribution in [2.24, 2.45) is 0 Å². The zero-order valence-corrected chi connectivity index (χ0v) is 9.44. The van der Waals surface area contributed by atoms with Crippen LogP contribution in [0.5, 0.6) is 0 Å². The lowest BCUT2D eigenvalue weighted by Gasteiger charge is -2.18. The van der Waals surface area contributed by atoms with E-state index in [1.54, 1.807) is 6.08 Å². The summed E-state index contributed by atoms with van der Waals surface area (Å²) >= 11 is 0. The minimum absolute atomic E-state index is 0.152. The number of benzene rings is 1. The average Bonchev–Trinajstić information content (AvgIpc) is 2.14. The molecular weight excluding hydrogens is 187 g/mol. The van der Waals surface area contributed by atoms with Crippen LogP contribution in [-0.4, -0.2) is 17.2 Å². The fraction of sp³-hybridized carbons (Fsp3) is 0.333. The van der Waals surface area contributed by atoms with Gasteiger partial charge in [-0.3, -0.25) is 0 Å². The number of rotatable bonds is 2. The molecule has 0 atom stereocenters. The Morgan fingerprint density at radius 2 is 1.60 bits per heavy atom. The van der Waals surface area contributed by atoms with Crippen LogP contribution in [0.25, 0.3) is 6.08 Å². The van der Waals surface area contributed by atoms with Gasteiger partial charge in [0.1, 0.15) is 0 Å².